The molecule has 4 aliphatic rings. The highest BCUT2D eigenvalue weighted by Crippen LogP contribution is 2.67. The lowest BCUT2D eigenvalue weighted by Crippen LogP contribution is -2.50. The van der Waals surface area contributed by atoms with Crippen molar-refractivity contribution in [1.82, 2.24) is 0 Å². The molecule has 0 saturated heterocycles. The van der Waals surface area contributed by atoms with Gasteiger partial charge in [0.1, 0.15) is 0 Å². The third kappa shape index (κ3) is 3.66. The van der Waals surface area contributed by atoms with E-state index in [-0.39, 0.29) is 6.10 Å². The molecule has 3 fully saturated rings. The molecule has 1 nitrogen and oxygen atoms in total. The van der Waals surface area contributed by atoms with Crippen molar-refractivity contribution < 1.29 is 5.11 Å². The first kappa shape index (κ1) is 22.6. The predicted molar refractivity (Wildman–Crippen MR) is 128 cm³/mol. The Morgan fingerprint density at radius 2 is 1.80 bits per heavy atom. The third-order valence-electron chi connectivity index (χ3n) is 10.8. The number of hydrogen-bond acceptors (Lipinski definition) is 1. The standard InChI is InChI=1S/C29H48O/c1-7-21(19(2)3)9-8-20(4)25-12-13-26-24-11-10-22-18-23(30)14-16-28(22,5)27(24)15-17-29(25,26)6/h8-10,19-21,23-27,30H,7,11-18H2,1-6H3/b9-8+/t20-,21-,23+,24+,25-,26?,27-,28+,29-/m1/s1. The van der Waals surface area contributed by atoms with E-state index in [1.807, 2.05) is 0 Å². The van der Waals surface area contributed by atoms with Crippen LogP contribution in [0.4, 0.5) is 0 Å². The average molecular weight is 413 g/mol. The second-order valence-electron chi connectivity index (χ2n) is 12.4. The van der Waals surface area contributed by atoms with E-state index < -0.39 is 0 Å². The Labute approximate surface area is 186 Å². The molecular formula is C29H48O. The van der Waals surface area contributed by atoms with Crippen molar-refractivity contribution >= 4 is 0 Å². The Kier molecular flexibility index (Phi) is 6.35. The highest BCUT2D eigenvalue weighted by atomic mass is 16.3. The second-order valence-corrected chi connectivity index (χ2v) is 12.4. The Morgan fingerprint density at radius 1 is 1.03 bits per heavy atom. The van der Waals surface area contributed by atoms with Crippen molar-refractivity contribution in [3.63, 3.8) is 0 Å². The average Bonchev–Trinajstić information content (AvgIpc) is 3.06. The van der Waals surface area contributed by atoms with Crippen LogP contribution in [0.25, 0.3) is 0 Å². The Balaban J connectivity index is 1.52. The largest absolute Gasteiger partial charge is 0.393 e. The molecule has 4 rings (SSSR count). The van der Waals surface area contributed by atoms with E-state index in [2.05, 4.69) is 59.8 Å². The van der Waals surface area contributed by atoms with Crippen LogP contribution in [-0.2, 0) is 0 Å². The fourth-order valence-corrected chi connectivity index (χ4v) is 8.83. The molecule has 0 heterocycles. The minimum Gasteiger partial charge on any atom is -0.393 e. The van der Waals surface area contributed by atoms with Crippen molar-refractivity contribution in [3.05, 3.63) is 23.8 Å². The minimum absolute atomic E-state index is 0.0870. The Hall–Kier alpha value is -0.560. The number of aliphatic hydroxyl groups is 1. The van der Waals surface area contributed by atoms with Crippen LogP contribution in [-0.4, -0.2) is 11.2 Å². The van der Waals surface area contributed by atoms with Gasteiger partial charge >= 0.3 is 0 Å². The zero-order valence-corrected chi connectivity index (χ0v) is 20.7. The molecule has 0 aromatic heterocycles. The normalized spacial score (nSPS) is 45.6. The molecule has 1 N–H and O–H groups in total. The molecule has 170 valence electrons. The van der Waals surface area contributed by atoms with E-state index in [0.29, 0.717) is 16.7 Å². The molecule has 0 aliphatic heterocycles. The molecule has 0 aromatic rings. The van der Waals surface area contributed by atoms with E-state index in [1.165, 1.54) is 44.9 Å². The lowest BCUT2D eigenvalue weighted by atomic mass is 9.47. The molecule has 0 bridgehead atoms. The Morgan fingerprint density at radius 3 is 2.50 bits per heavy atom. The highest BCUT2D eigenvalue weighted by Gasteiger charge is 2.58. The summed E-state index contributed by atoms with van der Waals surface area (Å²) in [4.78, 5) is 0. The van der Waals surface area contributed by atoms with Gasteiger partial charge in [0.2, 0.25) is 0 Å². The molecule has 9 atom stereocenters. The first-order chi connectivity index (χ1) is 14.2. The van der Waals surface area contributed by atoms with Gasteiger partial charge in [0.05, 0.1) is 6.10 Å². The number of rotatable bonds is 5. The fraction of sp³-hybridized carbons (Fsp3) is 0.862. The SMILES string of the molecule is CC[C@H](/C=C/[C@@H](C)[C@H]1CCC2[C@@H]3CC=C4C[C@@H](O)CC[C@]4(C)[C@@H]3CC[C@@]21C)C(C)C. The molecule has 0 aromatic carbocycles. The van der Waals surface area contributed by atoms with Crippen LogP contribution in [0.1, 0.15) is 99.3 Å². The smallest absolute Gasteiger partial charge is 0.0577 e. The molecule has 1 unspecified atom stereocenters. The molecule has 3 saturated carbocycles. The summed E-state index contributed by atoms with van der Waals surface area (Å²) in [6.07, 6.45) is 19.1. The van der Waals surface area contributed by atoms with E-state index in [4.69, 9.17) is 0 Å². The van der Waals surface area contributed by atoms with Crippen LogP contribution in [0.5, 0.6) is 0 Å². The van der Waals surface area contributed by atoms with Gasteiger partial charge in [-0.15, -0.1) is 0 Å². The topological polar surface area (TPSA) is 20.2 Å². The summed E-state index contributed by atoms with van der Waals surface area (Å²) < 4.78 is 0. The maximum absolute atomic E-state index is 10.2. The first-order valence-electron chi connectivity index (χ1n) is 13.3. The molecule has 4 aliphatic carbocycles. The summed E-state index contributed by atoms with van der Waals surface area (Å²) in [7, 11) is 0. The lowest BCUT2D eigenvalue weighted by molar-refractivity contribution is -0.0540. The minimum atomic E-state index is -0.0870. The van der Waals surface area contributed by atoms with Gasteiger partial charge in [0.25, 0.3) is 0 Å². The van der Waals surface area contributed by atoms with Crippen molar-refractivity contribution in [3.8, 4) is 0 Å². The summed E-state index contributed by atoms with van der Waals surface area (Å²) in [5.41, 5.74) is 2.51. The molecule has 0 amide bonds. The van der Waals surface area contributed by atoms with E-state index in [0.717, 1.165) is 48.3 Å². The second kappa shape index (κ2) is 8.42. The maximum atomic E-state index is 10.2. The summed E-state index contributed by atoms with van der Waals surface area (Å²) >= 11 is 0. The van der Waals surface area contributed by atoms with Gasteiger partial charge < -0.3 is 5.11 Å². The van der Waals surface area contributed by atoms with Crippen molar-refractivity contribution in [1.29, 1.82) is 0 Å². The van der Waals surface area contributed by atoms with Crippen molar-refractivity contribution in [2.45, 2.75) is 105 Å². The molecular weight excluding hydrogens is 364 g/mol. The molecule has 30 heavy (non-hydrogen) atoms. The van der Waals surface area contributed by atoms with Crippen molar-refractivity contribution in [2.75, 3.05) is 0 Å². The Bertz CT molecular complexity index is 674. The lowest BCUT2D eigenvalue weighted by Gasteiger charge is -2.58. The van der Waals surface area contributed by atoms with Gasteiger partial charge in [0.15, 0.2) is 0 Å². The zero-order valence-electron chi connectivity index (χ0n) is 20.7. The number of hydrogen-bond donors (Lipinski definition) is 1. The summed E-state index contributed by atoms with van der Waals surface area (Å²) in [5.74, 6) is 5.70. The zero-order chi connectivity index (χ0) is 21.7. The van der Waals surface area contributed by atoms with Crippen LogP contribution in [0.3, 0.4) is 0 Å². The highest BCUT2D eigenvalue weighted by molar-refractivity contribution is 5.25. The molecule has 1 heteroatoms. The van der Waals surface area contributed by atoms with Crippen LogP contribution in [0, 0.1) is 52.3 Å². The number of allylic oxidation sites excluding steroid dienone is 3. The van der Waals surface area contributed by atoms with E-state index in [9.17, 15) is 5.11 Å². The monoisotopic (exact) mass is 412 g/mol. The van der Waals surface area contributed by atoms with Gasteiger partial charge in [-0.05, 0) is 110 Å². The van der Waals surface area contributed by atoms with Crippen LogP contribution >= 0.6 is 0 Å². The fourth-order valence-electron chi connectivity index (χ4n) is 8.83. The quantitative estimate of drug-likeness (QED) is 0.457. The van der Waals surface area contributed by atoms with Gasteiger partial charge in [0, 0.05) is 0 Å². The van der Waals surface area contributed by atoms with Crippen molar-refractivity contribution in [2.24, 2.45) is 52.3 Å². The number of aliphatic hydroxyl groups excluding tert-OH is 1. The molecule has 0 radical (unpaired) electrons. The summed E-state index contributed by atoms with van der Waals surface area (Å²) in [5, 5.41) is 10.2. The van der Waals surface area contributed by atoms with Gasteiger partial charge in [-0.1, -0.05) is 65.3 Å². The van der Waals surface area contributed by atoms with E-state index >= 15 is 0 Å². The maximum Gasteiger partial charge on any atom is 0.0577 e. The van der Waals surface area contributed by atoms with Gasteiger partial charge in [-0.25, -0.2) is 0 Å². The first-order valence-corrected chi connectivity index (χ1v) is 13.3. The van der Waals surface area contributed by atoms with Crippen LogP contribution in [0.15, 0.2) is 23.8 Å². The third-order valence-corrected chi connectivity index (χ3v) is 10.8. The predicted octanol–water partition coefficient (Wildman–Crippen LogP) is 7.80. The van der Waals surface area contributed by atoms with E-state index in [1.54, 1.807) is 5.57 Å². The van der Waals surface area contributed by atoms with Gasteiger partial charge in [-0.2, -0.15) is 0 Å². The van der Waals surface area contributed by atoms with Crippen LogP contribution < -0.4 is 0 Å². The van der Waals surface area contributed by atoms with Crippen LogP contribution in [0.2, 0.25) is 0 Å². The molecule has 0 spiro atoms. The number of fused-ring (bicyclic) bond motifs is 5. The summed E-state index contributed by atoms with van der Waals surface area (Å²) in [6.45, 7) is 14.8. The van der Waals surface area contributed by atoms with Gasteiger partial charge in [-0.3, -0.25) is 0 Å². The summed E-state index contributed by atoms with van der Waals surface area (Å²) in [6, 6.07) is 0.